The van der Waals surface area contributed by atoms with Gasteiger partial charge < -0.3 is 40.9 Å². The van der Waals surface area contributed by atoms with Gasteiger partial charge in [0.1, 0.15) is 11.5 Å². The molecule has 0 aromatic heterocycles. The minimum Gasteiger partial charge on any atom is -0.592 e. The molecule has 424 valence electrons. The minimum atomic E-state index is -0.518. The molecule has 0 aliphatic carbocycles. The van der Waals surface area contributed by atoms with Crippen LogP contribution < -0.4 is 63.9 Å². The van der Waals surface area contributed by atoms with Gasteiger partial charge in [0.05, 0.1) is 94.9 Å². The van der Waals surface area contributed by atoms with Gasteiger partial charge in [-0.15, -0.1) is 0 Å². The van der Waals surface area contributed by atoms with Crippen molar-refractivity contribution in [2.24, 2.45) is 0 Å². The van der Waals surface area contributed by atoms with Crippen molar-refractivity contribution in [3.63, 3.8) is 0 Å². The first kappa shape index (κ1) is 65.3. The van der Waals surface area contributed by atoms with Gasteiger partial charge >= 0.3 is 51.4 Å². The molecular formula is C65H98AlKN4O7. The van der Waals surface area contributed by atoms with Gasteiger partial charge in [-0.3, -0.25) is 9.80 Å². The van der Waals surface area contributed by atoms with E-state index in [0.717, 1.165) is 50.8 Å². The maximum Gasteiger partial charge on any atom is 1.00 e. The third kappa shape index (κ3) is 16.5. The van der Waals surface area contributed by atoms with Gasteiger partial charge in [-0.25, -0.2) is 0 Å². The van der Waals surface area contributed by atoms with E-state index < -0.39 is 15.7 Å². The molecule has 9 rings (SSSR count). The second-order valence-corrected chi connectivity index (χ2v) is 26.6. The topological polar surface area (TPSA) is 77.6 Å². The standard InChI is InChI=1S/C47H62N2O.C18H36N2O6.Al.K/c1-27(2)33-19-17-20-34(28(3)4)41(33)48-39-25-31(45(9,10)11)23-37-43(39)50-44-38(47(37,15)16)24-32(46(12,13)14)26-40(44)49-42-35(29(5)6)21-18-22-36(42)30(7)8;1-7-21-13-14-24-10-4-20-5-11-25-17-15-22-8-2-19(1)3-9-23-16-18-26-12-6-20;;/h17-30H,1-16H3;1-18H2;;/q-2;;2*+1. The number of fused-ring (bicyclic) bond motifs is 21. The van der Waals surface area contributed by atoms with Gasteiger partial charge in [-0.1, -0.05) is 159 Å². The molecule has 5 heterocycles. The molecule has 0 N–H and O–H groups in total. The summed E-state index contributed by atoms with van der Waals surface area (Å²) >= 11 is -0.518. The van der Waals surface area contributed by atoms with Crippen molar-refractivity contribution >= 4 is 38.4 Å². The molecule has 0 saturated carbocycles. The maximum atomic E-state index is 7.49. The van der Waals surface area contributed by atoms with Crippen LogP contribution in [-0.2, 0) is 44.7 Å². The van der Waals surface area contributed by atoms with Gasteiger partial charge in [0.15, 0.2) is 0 Å². The molecule has 0 amide bonds. The van der Waals surface area contributed by atoms with Crippen LogP contribution >= 0.6 is 0 Å². The summed E-state index contributed by atoms with van der Waals surface area (Å²) in [4.78, 5) is 4.62. The van der Waals surface area contributed by atoms with Crippen LogP contribution in [0.3, 0.4) is 0 Å². The molecule has 13 heteroatoms. The number of hydrogen-bond acceptors (Lipinski definition) is 11. The van der Waals surface area contributed by atoms with Crippen molar-refractivity contribution in [3.8, 4) is 11.5 Å². The van der Waals surface area contributed by atoms with Gasteiger partial charge in [-0.2, -0.15) is 0 Å². The fourth-order valence-electron chi connectivity index (χ4n) is 10.8. The fourth-order valence-corrected chi connectivity index (χ4v) is 12.5. The number of benzene rings is 4. The second-order valence-electron chi connectivity index (χ2n) is 25.4. The largest absolute Gasteiger partial charge is 1.00 e. The zero-order chi connectivity index (χ0) is 55.7. The summed E-state index contributed by atoms with van der Waals surface area (Å²) in [5, 5.41) is 0. The third-order valence-electron chi connectivity index (χ3n) is 15.8. The van der Waals surface area contributed by atoms with Crippen LogP contribution in [0, 0.1) is 0 Å². The Kier molecular flexibility index (Phi) is 24.8. The van der Waals surface area contributed by atoms with Crippen molar-refractivity contribution in [1.29, 1.82) is 0 Å². The molecule has 2 radical (unpaired) electrons. The molecule has 4 aromatic rings. The van der Waals surface area contributed by atoms with Crippen LogP contribution in [0.1, 0.15) is 179 Å². The molecule has 3 saturated heterocycles. The van der Waals surface area contributed by atoms with Crippen molar-refractivity contribution < 1.29 is 84.5 Å². The van der Waals surface area contributed by atoms with E-state index in [1.807, 2.05) is 0 Å². The SMILES string of the molecule is C1COCCN2CCOCCOCCN(CCO1)CCOCCOCC2.CC(C)c1cccc(C(C)C)c1[N]1[Al-][N](c2c(C(C)C)cccc2C(C)C)c2cc(C(C)(C)C)cc3c2Oc2c1cc(C(C)(C)C)cc2C3(C)C.[K+]. The normalized spacial score (nSPS) is 20.3. The Morgan fingerprint density at radius 2 is 0.692 bits per heavy atom. The van der Waals surface area contributed by atoms with Crippen LogP contribution in [0.15, 0.2) is 60.7 Å². The van der Waals surface area contributed by atoms with Crippen molar-refractivity contribution in [2.45, 2.75) is 151 Å². The number of hydrogen-bond donors (Lipinski definition) is 0. The summed E-state index contributed by atoms with van der Waals surface area (Å²) < 4.78 is 47.1. The van der Waals surface area contributed by atoms with E-state index in [1.54, 1.807) is 0 Å². The monoisotopic (exact) mass is 1110 g/mol. The van der Waals surface area contributed by atoms with Crippen LogP contribution in [0.25, 0.3) is 0 Å². The Bertz CT molecular complexity index is 2270. The van der Waals surface area contributed by atoms with E-state index in [-0.39, 0.29) is 67.6 Å². The predicted molar refractivity (Wildman–Crippen MR) is 320 cm³/mol. The summed E-state index contributed by atoms with van der Waals surface area (Å²) in [5.74, 6) is 3.47. The van der Waals surface area contributed by atoms with Gasteiger partial charge in [0.2, 0.25) is 0 Å². The zero-order valence-corrected chi connectivity index (χ0v) is 55.8. The van der Waals surface area contributed by atoms with Gasteiger partial charge in [0.25, 0.3) is 0 Å². The van der Waals surface area contributed by atoms with Gasteiger partial charge in [0, 0.05) is 67.2 Å². The quantitative estimate of drug-likeness (QED) is 0.173. The molecule has 0 spiro atoms. The Balaban J connectivity index is 0.000000307. The summed E-state index contributed by atoms with van der Waals surface area (Å²) in [5.41, 5.74) is 15.6. The Morgan fingerprint density at radius 3 is 0.936 bits per heavy atom. The predicted octanol–water partition coefficient (Wildman–Crippen LogP) is 10.8. The molecular weight excluding hydrogens is 1010 g/mol. The molecule has 78 heavy (non-hydrogen) atoms. The molecule has 5 aliphatic heterocycles. The number of para-hydroxylation sites is 2. The molecule has 3 fully saturated rings. The van der Waals surface area contributed by atoms with Crippen LogP contribution in [0.2, 0.25) is 0 Å². The van der Waals surface area contributed by atoms with E-state index in [0.29, 0.717) is 103 Å². The average Bonchev–Trinajstić information content (AvgIpc) is 3.56. The van der Waals surface area contributed by atoms with Crippen molar-refractivity contribution in [1.82, 2.24) is 9.80 Å². The minimum absolute atomic E-state index is 0. The second kappa shape index (κ2) is 29.6. The molecule has 0 atom stereocenters. The van der Waals surface area contributed by atoms with E-state index in [9.17, 15) is 0 Å². The van der Waals surface area contributed by atoms with E-state index in [2.05, 4.69) is 189 Å². The van der Waals surface area contributed by atoms with Crippen LogP contribution in [-0.4, -0.2) is 144 Å². The smallest absolute Gasteiger partial charge is 0.592 e. The van der Waals surface area contributed by atoms with Crippen molar-refractivity contribution in [2.75, 3.05) is 126 Å². The first-order valence-corrected chi connectivity index (χ1v) is 30.3. The summed E-state index contributed by atoms with van der Waals surface area (Å²) in [6, 6.07) is 23.9. The van der Waals surface area contributed by atoms with Crippen LogP contribution in [0.5, 0.6) is 11.5 Å². The summed E-state index contributed by atoms with van der Waals surface area (Å²) in [7, 11) is 0. The summed E-state index contributed by atoms with van der Waals surface area (Å²) in [6.07, 6.45) is 0. The van der Waals surface area contributed by atoms with E-state index >= 15 is 0 Å². The first-order chi connectivity index (χ1) is 36.6. The Labute approximate surface area is 521 Å². The third-order valence-corrected chi connectivity index (χ3v) is 17.3. The van der Waals surface area contributed by atoms with E-state index in [4.69, 9.17) is 33.2 Å². The average molecular weight is 1110 g/mol. The zero-order valence-electron chi connectivity index (χ0n) is 51.5. The number of rotatable bonds is 6. The fraction of sp³-hybridized carbons (Fsp3) is 0.631. The van der Waals surface area contributed by atoms with Gasteiger partial charge in [-0.05, 0) is 91.4 Å². The first-order valence-electron chi connectivity index (χ1n) is 29.3. The maximum absolute atomic E-state index is 7.49. The number of ether oxygens (including phenoxy) is 7. The number of nitrogens with zero attached hydrogens (tertiary/aromatic N) is 4. The molecule has 4 aromatic carbocycles. The van der Waals surface area contributed by atoms with Crippen molar-refractivity contribution in [3.05, 3.63) is 105 Å². The molecule has 4 bridgehead atoms. The molecule has 11 nitrogen and oxygen atoms in total. The number of anilines is 4. The Hall–Kier alpha value is -1.87. The molecule has 5 aliphatic rings. The Morgan fingerprint density at radius 1 is 0.423 bits per heavy atom. The van der Waals surface area contributed by atoms with E-state index in [1.165, 1.54) is 67.3 Å². The van der Waals surface area contributed by atoms with Crippen LogP contribution in [0.4, 0.5) is 22.7 Å². The molecule has 0 unspecified atom stereocenters. The summed E-state index contributed by atoms with van der Waals surface area (Å²) in [6.45, 7) is 50.9.